The van der Waals surface area contributed by atoms with E-state index in [1.54, 1.807) is 6.20 Å². The number of nitrogens with one attached hydrogen (secondary N) is 1. The van der Waals surface area contributed by atoms with Crippen LogP contribution in [0.2, 0.25) is 5.02 Å². The number of rotatable bonds is 4. The molecule has 1 saturated heterocycles. The fourth-order valence-corrected chi connectivity index (χ4v) is 5.63. The Kier molecular flexibility index (Phi) is 6.75. The van der Waals surface area contributed by atoms with Gasteiger partial charge in [-0.1, -0.05) is 42.3 Å². The molecule has 1 N–H and O–H groups in total. The number of amides is 1. The van der Waals surface area contributed by atoms with Gasteiger partial charge >= 0.3 is 0 Å². The minimum atomic E-state index is -0.133. The molecule has 1 aliphatic heterocycles. The molecule has 0 unspecified atom stereocenters. The van der Waals surface area contributed by atoms with Crippen LogP contribution in [0.3, 0.4) is 0 Å². The summed E-state index contributed by atoms with van der Waals surface area (Å²) in [5, 5.41) is 5.76. The standard InChI is InChI=1S/C28H26ClN3OS/c1-19-17-22(32-15-5-2-6-16-34-32)10-11-23(19)28(33)31-21-9-12-26(29)25(18-21)27-24-8-4-3-7-20(24)13-14-30-27/h3-4,7-14,17-18H,2,5-6,15-16H2,1H3,(H,31,33). The molecule has 1 amide bonds. The lowest BCUT2D eigenvalue weighted by Crippen LogP contribution is -2.17. The molecule has 1 fully saturated rings. The highest BCUT2D eigenvalue weighted by atomic mass is 35.5. The quantitative estimate of drug-likeness (QED) is 0.299. The summed E-state index contributed by atoms with van der Waals surface area (Å²) in [7, 11) is 0. The molecule has 3 aromatic carbocycles. The second kappa shape index (κ2) is 10.1. The number of aryl methyl sites for hydroxylation is 1. The van der Waals surface area contributed by atoms with Crippen LogP contribution in [0, 0.1) is 6.92 Å². The zero-order valence-corrected chi connectivity index (χ0v) is 20.6. The monoisotopic (exact) mass is 487 g/mol. The first-order valence-corrected chi connectivity index (χ1v) is 12.9. The van der Waals surface area contributed by atoms with E-state index in [1.807, 2.05) is 73.5 Å². The van der Waals surface area contributed by atoms with Gasteiger partial charge in [-0.3, -0.25) is 9.78 Å². The lowest BCUT2D eigenvalue weighted by atomic mass is 10.0. The van der Waals surface area contributed by atoms with Crippen molar-refractivity contribution in [2.75, 3.05) is 21.9 Å². The molecule has 4 nitrogen and oxygen atoms in total. The summed E-state index contributed by atoms with van der Waals surface area (Å²) in [5.74, 6) is 1.01. The molecule has 6 heteroatoms. The lowest BCUT2D eigenvalue weighted by Gasteiger charge is -2.22. The molecule has 0 spiro atoms. The van der Waals surface area contributed by atoms with Gasteiger partial charge in [-0.25, -0.2) is 0 Å². The maximum Gasteiger partial charge on any atom is 0.255 e. The summed E-state index contributed by atoms with van der Waals surface area (Å²) in [6, 6.07) is 21.7. The SMILES string of the molecule is Cc1cc(N2CCCCCS2)ccc1C(=O)Nc1ccc(Cl)c(-c2nccc3ccccc23)c1. The number of nitrogens with zero attached hydrogens (tertiary/aromatic N) is 2. The van der Waals surface area contributed by atoms with Crippen LogP contribution in [0.15, 0.2) is 72.9 Å². The van der Waals surface area contributed by atoms with Crippen LogP contribution < -0.4 is 9.62 Å². The zero-order chi connectivity index (χ0) is 23.5. The number of anilines is 2. The first-order chi connectivity index (χ1) is 16.6. The molecule has 34 heavy (non-hydrogen) atoms. The average Bonchev–Trinajstić information content (AvgIpc) is 3.14. The van der Waals surface area contributed by atoms with E-state index in [9.17, 15) is 4.79 Å². The second-order valence-corrected chi connectivity index (χ2v) is 10.0. The highest BCUT2D eigenvalue weighted by Gasteiger charge is 2.16. The normalized spacial score (nSPS) is 14.1. The predicted molar refractivity (Wildman–Crippen MR) is 145 cm³/mol. The number of carbonyl (C=O) groups excluding carboxylic acids is 1. The van der Waals surface area contributed by atoms with Crippen LogP contribution in [0.4, 0.5) is 11.4 Å². The van der Waals surface area contributed by atoms with Crippen LogP contribution >= 0.6 is 23.5 Å². The molecule has 4 aromatic rings. The van der Waals surface area contributed by atoms with Crippen molar-refractivity contribution < 1.29 is 4.79 Å². The average molecular weight is 488 g/mol. The molecule has 172 valence electrons. The largest absolute Gasteiger partial charge is 0.322 e. The van der Waals surface area contributed by atoms with Crippen LogP contribution in [0.25, 0.3) is 22.0 Å². The van der Waals surface area contributed by atoms with Gasteiger partial charge in [0.15, 0.2) is 0 Å². The van der Waals surface area contributed by atoms with Crippen molar-refractivity contribution in [2.24, 2.45) is 0 Å². The number of hydrogen-bond acceptors (Lipinski definition) is 4. The minimum absolute atomic E-state index is 0.133. The van der Waals surface area contributed by atoms with Gasteiger partial charge in [0.25, 0.3) is 5.91 Å². The highest BCUT2D eigenvalue weighted by Crippen LogP contribution is 2.34. The Morgan fingerprint density at radius 1 is 1.03 bits per heavy atom. The first kappa shape index (κ1) is 22.8. The van der Waals surface area contributed by atoms with E-state index in [1.165, 1.54) is 19.3 Å². The molecule has 0 bridgehead atoms. The van der Waals surface area contributed by atoms with Gasteiger partial charge in [-0.15, -0.1) is 0 Å². The van der Waals surface area contributed by atoms with Crippen molar-refractivity contribution >= 4 is 51.6 Å². The molecule has 0 aliphatic carbocycles. The summed E-state index contributed by atoms with van der Waals surface area (Å²) in [6.45, 7) is 3.04. The summed E-state index contributed by atoms with van der Waals surface area (Å²) in [5.41, 5.74) is 5.08. The lowest BCUT2D eigenvalue weighted by molar-refractivity contribution is 0.102. The van der Waals surface area contributed by atoms with Crippen molar-refractivity contribution in [1.82, 2.24) is 4.98 Å². The van der Waals surface area contributed by atoms with Crippen molar-refractivity contribution in [2.45, 2.75) is 26.2 Å². The van der Waals surface area contributed by atoms with Crippen molar-refractivity contribution in [3.63, 3.8) is 0 Å². The van der Waals surface area contributed by atoms with Gasteiger partial charge in [-0.2, -0.15) is 0 Å². The smallest absolute Gasteiger partial charge is 0.255 e. The van der Waals surface area contributed by atoms with Gasteiger partial charge in [0, 0.05) is 46.4 Å². The maximum atomic E-state index is 13.1. The predicted octanol–water partition coefficient (Wildman–Crippen LogP) is 7.75. The van der Waals surface area contributed by atoms with Crippen molar-refractivity contribution in [3.8, 4) is 11.3 Å². The van der Waals surface area contributed by atoms with Gasteiger partial charge in [-0.05, 0) is 85.1 Å². The van der Waals surface area contributed by atoms with E-state index >= 15 is 0 Å². The molecular weight excluding hydrogens is 462 g/mol. The number of benzene rings is 3. The number of pyridine rings is 1. The Bertz CT molecular complexity index is 1340. The number of fused-ring (bicyclic) bond motifs is 1. The second-order valence-electron chi connectivity index (χ2n) is 8.52. The fraction of sp³-hybridized carbons (Fsp3) is 0.214. The molecule has 0 radical (unpaired) electrons. The molecule has 0 saturated carbocycles. The Morgan fingerprint density at radius 2 is 1.91 bits per heavy atom. The number of aromatic nitrogens is 1. The van der Waals surface area contributed by atoms with E-state index in [-0.39, 0.29) is 5.91 Å². The van der Waals surface area contributed by atoms with E-state index in [0.717, 1.165) is 45.6 Å². The summed E-state index contributed by atoms with van der Waals surface area (Å²) < 4.78 is 2.35. The van der Waals surface area contributed by atoms with Crippen molar-refractivity contribution in [3.05, 3.63) is 89.1 Å². The molecular formula is C28H26ClN3OS. The van der Waals surface area contributed by atoms with Crippen LogP contribution in [0.5, 0.6) is 0 Å². The third-order valence-corrected chi connectivity index (χ3v) is 7.65. The van der Waals surface area contributed by atoms with Crippen LogP contribution in [-0.2, 0) is 0 Å². The van der Waals surface area contributed by atoms with Gasteiger partial charge in [0.05, 0.1) is 10.7 Å². The molecule has 0 atom stereocenters. The summed E-state index contributed by atoms with van der Waals surface area (Å²) in [4.78, 5) is 17.7. The Morgan fingerprint density at radius 3 is 2.79 bits per heavy atom. The number of halogens is 1. The molecule has 2 heterocycles. The van der Waals surface area contributed by atoms with Crippen LogP contribution in [0.1, 0.15) is 35.2 Å². The molecule has 1 aromatic heterocycles. The van der Waals surface area contributed by atoms with Gasteiger partial charge in [0.2, 0.25) is 0 Å². The Balaban J connectivity index is 1.40. The first-order valence-electron chi connectivity index (χ1n) is 11.6. The minimum Gasteiger partial charge on any atom is -0.322 e. The van der Waals surface area contributed by atoms with E-state index in [4.69, 9.17) is 11.6 Å². The Labute approximate surface area is 209 Å². The van der Waals surface area contributed by atoms with Crippen LogP contribution in [-0.4, -0.2) is 23.2 Å². The highest BCUT2D eigenvalue weighted by molar-refractivity contribution is 8.00. The summed E-state index contributed by atoms with van der Waals surface area (Å²) in [6.07, 6.45) is 5.53. The third kappa shape index (κ3) is 4.77. The number of carbonyl (C=O) groups is 1. The van der Waals surface area contributed by atoms with E-state index < -0.39 is 0 Å². The van der Waals surface area contributed by atoms with E-state index in [2.05, 4.69) is 26.7 Å². The fourth-order valence-electron chi connectivity index (χ4n) is 4.35. The van der Waals surface area contributed by atoms with Crippen molar-refractivity contribution in [1.29, 1.82) is 0 Å². The third-order valence-electron chi connectivity index (χ3n) is 6.15. The van der Waals surface area contributed by atoms with Gasteiger partial charge in [0.1, 0.15) is 0 Å². The number of hydrogen-bond donors (Lipinski definition) is 1. The zero-order valence-electron chi connectivity index (χ0n) is 19.1. The van der Waals surface area contributed by atoms with Gasteiger partial charge < -0.3 is 9.62 Å². The topological polar surface area (TPSA) is 45.2 Å². The Hall–Kier alpha value is -3.02. The molecule has 1 aliphatic rings. The van der Waals surface area contributed by atoms with E-state index in [0.29, 0.717) is 16.3 Å². The maximum absolute atomic E-state index is 13.1. The molecule has 5 rings (SSSR count). The summed E-state index contributed by atoms with van der Waals surface area (Å²) >= 11 is 8.43.